The molecule has 3 aromatic carbocycles. The van der Waals surface area contributed by atoms with Gasteiger partial charge in [-0.1, -0.05) is 85.6 Å². The second kappa shape index (κ2) is 10.9. The first-order chi connectivity index (χ1) is 15.3. The van der Waals surface area contributed by atoms with Crippen molar-refractivity contribution in [2.45, 2.75) is 45.3 Å². The summed E-state index contributed by atoms with van der Waals surface area (Å²) in [4.78, 5) is 17.9. The maximum absolute atomic E-state index is 13.4. The summed E-state index contributed by atoms with van der Waals surface area (Å²) in [6, 6.07) is 28.7. The Labute approximate surface area is 186 Å². The van der Waals surface area contributed by atoms with Gasteiger partial charge in [-0.05, 0) is 54.8 Å². The number of carbonyl (C=O) groups excluding carboxylic acids is 1. The number of benzene rings is 3. The number of hydrogen-bond acceptors (Lipinski definition) is 2. The van der Waals surface area contributed by atoms with Gasteiger partial charge >= 0.3 is 0 Å². The van der Waals surface area contributed by atoms with E-state index in [4.69, 9.17) is 0 Å². The van der Waals surface area contributed by atoms with Gasteiger partial charge < -0.3 is 4.90 Å². The van der Waals surface area contributed by atoms with E-state index in [1.165, 1.54) is 44.3 Å². The second-order valence-corrected chi connectivity index (χ2v) is 8.52. The predicted octanol–water partition coefficient (Wildman–Crippen LogP) is 5.91. The molecule has 0 N–H and O–H groups in total. The molecule has 4 rings (SSSR count). The topological polar surface area (TPSA) is 23.6 Å². The molecule has 3 nitrogen and oxygen atoms in total. The van der Waals surface area contributed by atoms with Crippen molar-refractivity contribution >= 4 is 5.91 Å². The number of carbonyl (C=O) groups is 1. The Hall–Kier alpha value is -2.91. The monoisotopic (exact) mass is 412 g/mol. The highest BCUT2D eigenvalue weighted by Crippen LogP contribution is 2.17. The van der Waals surface area contributed by atoms with E-state index >= 15 is 0 Å². The van der Waals surface area contributed by atoms with E-state index in [-0.39, 0.29) is 5.91 Å². The van der Waals surface area contributed by atoms with Crippen LogP contribution < -0.4 is 0 Å². The maximum atomic E-state index is 13.4. The highest BCUT2D eigenvalue weighted by molar-refractivity contribution is 5.94. The largest absolute Gasteiger partial charge is 0.330 e. The van der Waals surface area contributed by atoms with Gasteiger partial charge in [-0.25, -0.2) is 0 Å². The van der Waals surface area contributed by atoms with E-state index in [1.54, 1.807) is 0 Å². The van der Waals surface area contributed by atoms with Crippen LogP contribution in [0, 0.1) is 0 Å². The Kier molecular flexibility index (Phi) is 7.51. The van der Waals surface area contributed by atoms with Crippen molar-refractivity contribution in [3.05, 3.63) is 107 Å². The number of likely N-dealkylation sites (tertiary alicyclic amines) is 1. The predicted molar refractivity (Wildman–Crippen MR) is 127 cm³/mol. The molecule has 160 valence electrons. The first-order valence-corrected chi connectivity index (χ1v) is 11.5. The molecule has 3 aromatic rings. The van der Waals surface area contributed by atoms with Crippen LogP contribution in [0.4, 0.5) is 0 Å². The molecule has 1 aliphatic heterocycles. The van der Waals surface area contributed by atoms with Crippen LogP contribution in [0.3, 0.4) is 0 Å². The van der Waals surface area contributed by atoms with Gasteiger partial charge in [0.2, 0.25) is 0 Å². The third kappa shape index (κ3) is 6.28. The molecule has 1 aliphatic rings. The molecule has 0 aliphatic carbocycles. The van der Waals surface area contributed by atoms with Crippen LogP contribution in [0.5, 0.6) is 0 Å². The third-order valence-electron chi connectivity index (χ3n) is 6.03. The summed E-state index contributed by atoms with van der Waals surface area (Å²) in [5, 5.41) is 0. The fourth-order valence-electron chi connectivity index (χ4n) is 4.29. The smallest absolute Gasteiger partial charge is 0.254 e. The Balaban J connectivity index is 1.47. The van der Waals surface area contributed by atoms with Crippen molar-refractivity contribution in [2.24, 2.45) is 0 Å². The molecular formula is C28H32N2O. The van der Waals surface area contributed by atoms with Gasteiger partial charge in [0.15, 0.2) is 0 Å². The van der Waals surface area contributed by atoms with Gasteiger partial charge in [0.1, 0.15) is 0 Å². The molecule has 1 amide bonds. The van der Waals surface area contributed by atoms with Crippen LogP contribution in [-0.2, 0) is 19.6 Å². The van der Waals surface area contributed by atoms with Crippen LogP contribution in [0.1, 0.15) is 52.7 Å². The van der Waals surface area contributed by atoms with Gasteiger partial charge in [-0.2, -0.15) is 0 Å². The highest BCUT2D eigenvalue weighted by Gasteiger charge is 2.17. The Bertz CT molecular complexity index is 888. The average molecular weight is 413 g/mol. The molecule has 31 heavy (non-hydrogen) atoms. The minimum atomic E-state index is 0.0778. The quantitative estimate of drug-likeness (QED) is 0.482. The molecule has 1 saturated heterocycles. The van der Waals surface area contributed by atoms with Crippen molar-refractivity contribution in [2.75, 3.05) is 13.1 Å². The van der Waals surface area contributed by atoms with Crippen LogP contribution in [0.15, 0.2) is 84.9 Å². The van der Waals surface area contributed by atoms with E-state index in [2.05, 4.69) is 41.3 Å². The molecule has 0 radical (unpaired) electrons. The number of nitrogens with zero attached hydrogens (tertiary/aromatic N) is 2. The fourth-order valence-corrected chi connectivity index (χ4v) is 4.29. The fraction of sp³-hybridized carbons (Fsp3) is 0.321. The Morgan fingerprint density at radius 1 is 0.645 bits per heavy atom. The lowest BCUT2D eigenvalue weighted by molar-refractivity contribution is 0.0730. The SMILES string of the molecule is O=C(c1ccc(CN2CCCCCC2)cc1)N(Cc1ccccc1)Cc1ccccc1. The van der Waals surface area contributed by atoms with E-state index in [9.17, 15) is 4.79 Å². The minimum Gasteiger partial charge on any atom is -0.330 e. The van der Waals surface area contributed by atoms with E-state index < -0.39 is 0 Å². The molecule has 1 heterocycles. The highest BCUT2D eigenvalue weighted by atomic mass is 16.2. The maximum Gasteiger partial charge on any atom is 0.254 e. The standard InChI is InChI=1S/C28H32N2O/c31-28(27-17-15-26(16-18-27)21-29-19-9-1-2-10-20-29)30(22-24-11-5-3-6-12-24)23-25-13-7-4-8-14-25/h3-8,11-18H,1-2,9-10,19-23H2. The van der Waals surface area contributed by atoms with Gasteiger partial charge in [0, 0.05) is 25.2 Å². The zero-order chi connectivity index (χ0) is 21.3. The summed E-state index contributed by atoms with van der Waals surface area (Å²) >= 11 is 0. The van der Waals surface area contributed by atoms with E-state index in [0.29, 0.717) is 13.1 Å². The van der Waals surface area contributed by atoms with Crippen molar-refractivity contribution in [1.82, 2.24) is 9.80 Å². The molecule has 0 unspecified atom stereocenters. The number of hydrogen-bond donors (Lipinski definition) is 0. The number of rotatable bonds is 7. The normalized spacial score (nSPS) is 14.7. The molecular weight excluding hydrogens is 380 g/mol. The van der Waals surface area contributed by atoms with Crippen molar-refractivity contribution < 1.29 is 4.79 Å². The Morgan fingerprint density at radius 3 is 1.68 bits per heavy atom. The van der Waals surface area contributed by atoms with Crippen molar-refractivity contribution in [3.8, 4) is 0 Å². The molecule has 0 atom stereocenters. The molecule has 3 heteroatoms. The lowest BCUT2D eigenvalue weighted by Gasteiger charge is -2.24. The molecule has 0 bridgehead atoms. The zero-order valence-corrected chi connectivity index (χ0v) is 18.2. The summed E-state index contributed by atoms with van der Waals surface area (Å²) < 4.78 is 0. The zero-order valence-electron chi connectivity index (χ0n) is 18.2. The molecule has 0 spiro atoms. The summed E-state index contributed by atoms with van der Waals surface area (Å²) in [5.74, 6) is 0.0778. The average Bonchev–Trinajstić information content (AvgIpc) is 3.09. The summed E-state index contributed by atoms with van der Waals surface area (Å²) in [7, 11) is 0. The first kappa shape index (κ1) is 21.3. The van der Waals surface area contributed by atoms with Gasteiger partial charge in [-0.15, -0.1) is 0 Å². The van der Waals surface area contributed by atoms with Crippen LogP contribution in [0.25, 0.3) is 0 Å². The summed E-state index contributed by atoms with van der Waals surface area (Å²) in [5.41, 5.74) is 4.33. The van der Waals surface area contributed by atoms with Gasteiger partial charge in [-0.3, -0.25) is 9.69 Å². The second-order valence-electron chi connectivity index (χ2n) is 8.52. The molecule has 0 saturated carbocycles. The minimum absolute atomic E-state index is 0.0778. The molecule has 0 aromatic heterocycles. The van der Waals surface area contributed by atoms with Crippen LogP contribution in [-0.4, -0.2) is 28.8 Å². The van der Waals surface area contributed by atoms with Crippen molar-refractivity contribution in [1.29, 1.82) is 0 Å². The number of amides is 1. The lowest BCUT2D eigenvalue weighted by atomic mass is 10.1. The van der Waals surface area contributed by atoms with Crippen LogP contribution in [0.2, 0.25) is 0 Å². The van der Waals surface area contributed by atoms with Gasteiger partial charge in [0.25, 0.3) is 5.91 Å². The third-order valence-corrected chi connectivity index (χ3v) is 6.03. The first-order valence-electron chi connectivity index (χ1n) is 11.5. The van der Waals surface area contributed by atoms with Crippen molar-refractivity contribution in [3.63, 3.8) is 0 Å². The summed E-state index contributed by atoms with van der Waals surface area (Å²) in [6.07, 6.45) is 5.29. The van der Waals surface area contributed by atoms with Crippen LogP contribution >= 0.6 is 0 Å². The van der Waals surface area contributed by atoms with E-state index in [0.717, 1.165) is 23.2 Å². The van der Waals surface area contributed by atoms with E-state index in [1.807, 2.05) is 53.4 Å². The Morgan fingerprint density at radius 2 is 1.16 bits per heavy atom. The van der Waals surface area contributed by atoms with Gasteiger partial charge in [0.05, 0.1) is 0 Å². The lowest BCUT2D eigenvalue weighted by Crippen LogP contribution is -2.30. The summed E-state index contributed by atoms with van der Waals surface area (Å²) in [6.45, 7) is 4.55. The molecule has 1 fully saturated rings.